The summed E-state index contributed by atoms with van der Waals surface area (Å²) >= 11 is 0. The Morgan fingerprint density at radius 3 is 2.65 bits per heavy atom. The van der Waals surface area contributed by atoms with Gasteiger partial charge in [-0.3, -0.25) is 9.52 Å². The molecule has 9 heteroatoms. The first kappa shape index (κ1) is 19.8. The fraction of sp³-hybridized carbons (Fsp3) is 0.294. The summed E-state index contributed by atoms with van der Waals surface area (Å²) in [5.74, 6) is -0.912. The standard InChI is InChI=1S/C17H20F2N4O2S/c1-3-26(25)22-17(24)15(20)9-16(23-10-13(19)8-11(23)2)21-14-6-4-12(18)5-7-14/h3-7,9,11,13H,1,8,10,20H2,2H3,(H,22,24)/b15-9-,21-16?/t11-,13+,26?/m1/s1. The molecule has 0 bridgehead atoms. The minimum atomic E-state index is -1.76. The number of hydrogen-bond acceptors (Lipinski definition) is 4. The molecule has 1 heterocycles. The third kappa shape index (κ3) is 5.22. The summed E-state index contributed by atoms with van der Waals surface area (Å²) < 4.78 is 40.3. The molecule has 1 aromatic rings. The van der Waals surface area contributed by atoms with Crippen molar-refractivity contribution in [2.45, 2.75) is 25.6 Å². The van der Waals surface area contributed by atoms with Crippen molar-refractivity contribution in [1.82, 2.24) is 9.62 Å². The number of aliphatic imine (C=N–C) groups is 1. The van der Waals surface area contributed by atoms with Crippen molar-refractivity contribution in [2.24, 2.45) is 10.7 Å². The Labute approximate surface area is 153 Å². The molecule has 1 fully saturated rings. The van der Waals surface area contributed by atoms with Gasteiger partial charge in [0.2, 0.25) is 0 Å². The quantitative estimate of drug-likeness (QED) is 0.464. The first-order valence-electron chi connectivity index (χ1n) is 7.86. The topological polar surface area (TPSA) is 87.8 Å². The van der Waals surface area contributed by atoms with E-state index in [0.29, 0.717) is 12.1 Å². The van der Waals surface area contributed by atoms with Crippen LogP contribution in [0.15, 0.2) is 53.0 Å². The maximum Gasteiger partial charge on any atom is 0.279 e. The zero-order chi connectivity index (χ0) is 19.3. The average molecular weight is 382 g/mol. The largest absolute Gasteiger partial charge is 0.394 e. The molecule has 0 spiro atoms. The van der Waals surface area contributed by atoms with Crippen molar-refractivity contribution >= 4 is 28.4 Å². The number of carbonyl (C=O) groups excluding carboxylic acids is 1. The van der Waals surface area contributed by atoms with E-state index in [9.17, 15) is 17.8 Å². The van der Waals surface area contributed by atoms with E-state index in [4.69, 9.17) is 5.73 Å². The van der Waals surface area contributed by atoms with E-state index < -0.39 is 28.9 Å². The smallest absolute Gasteiger partial charge is 0.279 e. The van der Waals surface area contributed by atoms with Gasteiger partial charge in [0.25, 0.3) is 5.91 Å². The normalized spacial score (nSPS) is 22.2. The van der Waals surface area contributed by atoms with Gasteiger partial charge in [0, 0.05) is 23.9 Å². The first-order valence-corrected chi connectivity index (χ1v) is 9.07. The van der Waals surface area contributed by atoms with Crippen LogP contribution < -0.4 is 10.5 Å². The van der Waals surface area contributed by atoms with Gasteiger partial charge in [-0.1, -0.05) is 6.58 Å². The van der Waals surface area contributed by atoms with Gasteiger partial charge in [-0.15, -0.1) is 0 Å². The molecule has 26 heavy (non-hydrogen) atoms. The molecule has 6 nitrogen and oxygen atoms in total. The van der Waals surface area contributed by atoms with Crippen LogP contribution in [0.1, 0.15) is 13.3 Å². The Hall–Kier alpha value is -2.55. The minimum absolute atomic E-state index is 0.102. The number of alkyl halides is 1. The van der Waals surface area contributed by atoms with E-state index in [-0.39, 0.29) is 24.1 Å². The van der Waals surface area contributed by atoms with E-state index in [0.717, 1.165) is 5.41 Å². The fourth-order valence-corrected chi connectivity index (χ4v) is 2.89. The highest BCUT2D eigenvalue weighted by Crippen LogP contribution is 2.23. The average Bonchev–Trinajstić information content (AvgIpc) is 2.94. The number of benzene rings is 1. The van der Waals surface area contributed by atoms with Gasteiger partial charge in [0.1, 0.15) is 34.5 Å². The molecular formula is C17H20F2N4O2S. The number of halogens is 2. The molecule has 2 rings (SSSR count). The van der Waals surface area contributed by atoms with E-state index in [1.807, 2.05) is 6.92 Å². The third-order valence-electron chi connectivity index (χ3n) is 3.78. The summed E-state index contributed by atoms with van der Waals surface area (Å²) in [6.45, 7) is 5.23. The summed E-state index contributed by atoms with van der Waals surface area (Å²) in [4.78, 5) is 18.0. The Morgan fingerprint density at radius 2 is 2.12 bits per heavy atom. The number of rotatable bonds is 5. The van der Waals surface area contributed by atoms with Gasteiger partial charge < -0.3 is 10.6 Å². The van der Waals surface area contributed by atoms with Gasteiger partial charge in [0.05, 0.1) is 12.2 Å². The predicted molar refractivity (Wildman–Crippen MR) is 97.9 cm³/mol. The van der Waals surface area contributed by atoms with Crippen LogP contribution >= 0.6 is 0 Å². The van der Waals surface area contributed by atoms with Crippen molar-refractivity contribution in [3.8, 4) is 0 Å². The van der Waals surface area contributed by atoms with E-state index in [1.54, 1.807) is 4.90 Å². The molecule has 0 aromatic heterocycles. The first-order chi connectivity index (χ1) is 12.3. The molecule has 0 aliphatic carbocycles. The van der Waals surface area contributed by atoms with Crippen LogP contribution in [0, 0.1) is 5.82 Å². The lowest BCUT2D eigenvalue weighted by Crippen LogP contribution is -2.35. The van der Waals surface area contributed by atoms with Crippen molar-refractivity contribution in [3.05, 3.63) is 53.8 Å². The SMILES string of the molecule is C=CS(=O)NC(=O)/C(N)=C/C(=Nc1ccc(F)cc1)N1C[C@@H](F)C[C@H]1C. The predicted octanol–water partition coefficient (Wildman–Crippen LogP) is 2.05. The second-order valence-electron chi connectivity index (χ2n) is 5.78. The summed E-state index contributed by atoms with van der Waals surface area (Å²) in [7, 11) is -1.76. The van der Waals surface area contributed by atoms with Crippen LogP contribution in [0.3, 0.4) is 0 Å². The summed E-state index contributed by atoms with van der Waals surface area (Å²) in [6.07, 6.45) is 0.580. The molecule has 1 aromatic carbocycles. The number of nitrogens with two attached hydrogens (primary N) is 1. The number of hydrogen-bond donors (Lipinski definition) is 2. The molecule has 1 aliphatic rings. The van der Waals surface area contributed by atoms with E-state index >= 15 is 0 Å². The molecule has 1 unspecified atom stereocenters. The number of nitrogens with one attached hydrogen (secondary N) is 1. The Kier molecular flexibility index (Phi) is 6.62. The Morgan fingerprint density at radius 1 is 1.46 bits per heavy atom. The molecular weight excluding hydrogens is 362 g/mol. The number of amidine groups is 1. The zero-order valence-electron chi connectivity index (χ0n) is 14.2. The van der Waals surface area contributed by atoms with Crippen molar-refractivity contribution in [3.63, 3.8) is 0 Å². The molecule has 3 atom stereocenters. The maximum atomic E-state index is 13.8. The van der Waals surface area contributed by atoms with E-state index in [2.05, 4.69) is 16.3 Å². The van der Waals surface area contributed by atoms with Crippen molar-refractivity contribution in [1.29, 1.82) is 0 Å². The highest BCUT2D eigenvalue weighted by Gasteiger charge is 2.31. The lowest BCUT2D eigenvalue weighted by Gasteiger charge is -2.23. The summed E-state index contributed by atoms with van der Waals surface area (Å²) in [5, 5.41) is 1.05. The Balaban J connectivity index is 2.35. The highest BCUT2D eigenvalue weighted by atomic mass is 32.2. The van der Waals surface area contributed by atoms with Crippen molar-refractivity contribution in [2.75, 3.05) is 6.54 Å². The number of nitrogens with zero attached hydrogens (tertiary/aromatic N) is 2. The van der Waals surface area contributed by atoms with Gasteiger partial charge in [-0.2, -0.15) is 0 Å². The minimum Gasteiger partial charge on any atom is -0.394 e. The monoisotopic (exact) mass is 382 g/mol. The molecule has 0 radical (unpaired) electrons. The second kappa shape index (κ2) is 8.70. The third-order valence-corrected chi connectivity index (χ3v) is 4.47. The fourth-order valence-electron chi connectivity index (χ4n) is 2.51. The van der Waals surface area contributed by atoms with Crippen LogP contribution in [0.4, 0.5) is 14.5 Å². The van der Waals surface area contributed by atoms with Gasteiger partial charge in [-0.05, 0) is 31.2 Å². The maximum absolute atomic E-state index is 13.8. The lowest BCUT2D eigenvalue weighted by atomic mass is 10.2. The molecule has 0 saturated carbocycles. The second-order valence-corrected chi connectivity index (χ2v) is 6.91. The molecule has 1 aliphatic heterocycles. The van der Waals surface area contributed by atoms with Crippen LogP contribution in [0.25, 0.3) is 0 Å². The molecule has 1 amide bonds. The number of carbonyl (C=O) groups is 1. The molecule has 1 saturated heterocycles. The molecule has 140 valence electrons. The van der Waals surface area contributed by atoms with Crippen LogP contribution in [-0.2, 0) is 15.8 Å². The van der Waals surface area contributed by atoms with Gasteiger partial charge in [0.15, 0.2) is 0 Å². The number of amides is 1. The lowest BCUT2D eigenvalue weighted by molar-refractivity contribution is -0.115. The van der Waals surface area contributed by atoms with Crippen LogP contribution in [0.5, 0.6) is 0 Å². The van der Waals surface area contributed by atoms with Crippen LogP contribution in [-0.4, -0.2) is 39.6 Å². The highest BCUT2D eigenvalue weighted by molar-refractivity contribution is 7.86. The van der Waals surface area contributed by atoms with Crippen molar-refractivity contribution < 1.29 is 17.8 Å². The number of likely N-dealkylation sites (tertiary alicyclic amines) is 1. The van der Waals surface area contributed by atoms with Gasteiger partial charge >= 0.3 is 0 Å². The zero-order valence-corrected chi connectivity index (χ0v) is 15.0. The Bertz CT molecular complexity index is 765. The van der Waals surface area contributed by atoms with E-state index in [1.165, 1.54) is 30.3 Å². The molecule has 3 N–H and O–H groups in total. The summed E-state index contributed by atoms with van der Waals surface area (Å²) in [5.41, 5.74) is 5.95. The van der Waals surface area contributed by atoms with Gasteiger partial charge in [-0.25, -0.2) is 18.0 Å². The summed E-state index contributed by atoms with van der Waals surface area (Å²) in [6, 6.07) is 5.25. The van der Waals surface area contributed by atoms with Crippen LogP contribution in [0.2, 0.25) is 0 Å².